The van der Waals surface area contributed by atoms with Crippen molar-refractivity contribution in [2.75, 3.05) is 19.4 Å². The molecule has 0 spiro atoms. The van der Waals surface area contributed by atoms with Crippen molar-refractivity contribution in [1.82, 2.24) is 14.0 Å². The highest BCUT2D eigenvalue weighted by Crippen LogP contribution is 2.31. The van der Waals surface area contributed by atoms with Gasteiger partial charge in [0, 0.05) is 19.8 Å². The van der Waals surface area contributed by atoms with Crippen LogP contribution in [0.5, 0.6) is 0 Å². The summed E-state index contributed by atoms with van der Waals surface area (Å²) in [6, 6.07) is 8.51. The van der Waals surface area contributed by atoms with Crippen LogP contribution in [-0.4, -0.2) is 39.9 Å². The first kappa shape index (κ1) is 26.8. The van der Waals surface area contributed by atoms with Crippen LogP contribution in [0.25, 0.3) is 15.9 Å². The van der Waals surface area contributed by atoms with Gasteiger partial charge in [-0.05, 0) is 55.0 Å². The summed E-state index contributed by atoms with van der Waals surface area (Å²) in [5.74, 6) is -1.87. The Morgan fingerprint density at radius 2 is 1.71 bits per heavy atom. The van der Waals surface area contributed by atoms with Gasteiger partial charge < -0.3 is 10.2 Å². The van der Waals surface area contributed by atoms with Crippen molar-refractivity contribution in [3.05, 3.63) is 91.2 Å². The standard InChI is InChI=1S/C25H20F4N4O4S/c1-13-19-21(35)33(17-9-7-15(26)8-10-17)24(37)32(23(19)38-20(13)22(36)31(2)3)12-18(34)30-16-6-4-5-14(11-16)25(27,28)29/h4-11H,12H2,1-3H3,(H,30,34). The number of fused-ring (bicyclic) bond motifs is 1. The third-order valence-electron chi connectivity index (χ3n) is 5.67. The maximum atomic E-state index is 13.5. The average molecular weight is 549 g/mol. The Hall–Kier alpha value is -4.26. The van der Waals surface area contributed by atoms with Crippen LogP contribution in [0.15, 0.2) is 58.1 Å². The molecule has 0 fully saturated rings. The molecule has 4 aromatic rings. The summed E-state index contributed by atoms with van der Waals surface area (Å²) in [6.45, 7) is 0.853. The molecule has 2 aromatic carbocycles. The minimum absolute atomic E-state index is 0.0102. The highest BCUT2D eigenvalue weighted by Gasteiger charge is 2.30. The molecule has 0 atom stereocenters. The van der Waals surface area contributed by atoms with Gasteiger partial charge in [0.25, 0.3) is 11.5 Å². The number of halogens is 4. The number of nitrogens with zero attached hydrogens (tertiary/aromatic N) is 3. The second kappa shape index (κ2) is 9.89. The summed E-state index contributed by atoms with van der Waals surface area (Å²) in [5, 5.41) is 2.34. The van der Waals surface area contributed by atoms with E-state index in [1.807, 2.05) is 0 Å². The molecular formula is C25H20F4N4O4S. The first-order valence-corrected chi connectivity index (χ1v) is 11.8. The van der Waals surface area contributed by atoms with Crippen LogP contribution >= 0.6 is 11.3 Å². The zero-order valence-electron chi connectivity index (χ0n) is 20.2. The van der Waals surface area contributed by atoms with Crippen molar-refractivity contribution >= 4 is 39.1 Å². The van der Waals surface area contributed by atoms with Gasteiger partial charge in [0.1, 0.15) is 17.2 Å². The quantitative estimate of drug-likeness (QED) is 0.382. The molecule has 0 radical (unpaired) electrons. The number of aromatic nitrogens is 2. The van der Waals surface area contributed by atoms with Crippen LogP contribution in [0, 0.1) is 12.7 Å². The van der Waals surface area contributed by atoms with Crippen LogP contribution in [0.3, 0.4) is 0 Å². The SMILES string of the molecule is Cc1c(C(=O)N(C)C)sc2c1c(=O)n(-c1ccc(F)cc1)c(=O)n2CC(=O)Nc1cccc(C(F)(F)F)c1. The predicted octanol–water partition coefficient (Wildman–Crippen LogP) is 4.02. The van der Waals surface area contributed by atoms with Crippen molar-refractivity contribution in [3.8, 4) is 5.69 Å². The van der Waals surface area contributed by atoms with Crippen molar-refractivity contribution in [2.45, 2.75) is 19.6 Å². The van der Waals surface area contributed by atoms with E-state index >= 15 is 0 Å². The van der Waals surface area contributed by atoms with Crippen LogP contribution in [0.2, 0.25) is 0 Å². The van der Waals surface area contributed by atoms with E-state index in [9.17, 15) is 36.7 Å². The molecule has 0 aliphatic carbocycles. The molecule has 8 nitrogen and oxygen atoms in total. The maximum Gasteiger partial charge on any atom is 0.416 e. The largest absolute Gasteiger partial charge is 0.416 e. The van der Waals surface area contributed by atoms with Gasteiger partial charge >= 0.3 is 11.9 Å². The van der Waals surface area contributed by atoms with E-state index in [0.717, 1.165) is 50.8 Å². The fourth-order valence-corrected chi connectivity index (χ4v) is 5.14. The fraction of sp³-hybridized carbons (Fsp3) is 0.200. The zero-order valence-corrected chi connectivity index (χ0v) is 21.0. The number of alkyl halides is 3. The van der Waals surface area contributed by atoms with Gasteiger partial charge in [0.2, 0.25) is 5.91 Å². The molecule has 0 unspecified atom stereocenters. The van der Waals surface area contributed by atoms with Gasteiger partial charge in [-0.1, -0.05) is 6.07 Å². The highest BCUT2D eigenvalue weighted by molar-refractivity contribution is 7.20. The van der Waals surface area contributed by atoms with E-state index in [1.165, 1.54) is 44.1 Å². The molecule has 4 rings (SSSR count). The van der Waals surface area contributed by atoms with Crippen LogP contribution < -0.4 is 16.6 Å². The maximum absolute atomic E-state index is 13.5. The number of carbonyl (C=O) groups is 2. The van der Waals surface area contributed by atoms with Crippen molar-refractivity contribution in [1.29, 1.82) is 0 Å². The molecule has 0 saturated carbocycles. The lowest BCUT2D eigenvalue weighted by atomic mass is 10.2. The molecule has 0 bridgehead atoms. The molecule has 1 N–H and O–H groups in total. The summed E-state index contributed by atoms with van der Waals surface area (Å²) in [5.41, 5.74) is -2.51. The number of rotatable bonds is 5. The van der Waals surface area contributed by atoms with Crippen molar-refractivity contribution < 1.29 is 27.2 Å². The first-order valence-electron chi connectivity index (χ1n) is 11.0. The Bertz CT molecular complexity index is 1690. The van der Waals surface area contributed by atoms with Crippen LogP contribution in [0.4, 0.5) is 23.2 Å². The number of thiophene rings is 1. The Balaban J connectivity index is 1.88. The van der Waals surface area contributed by atoms with E-state index in [1.54, 1.807) is 0 Å². The smallest absolute Gasteiger partial charge is 0.344 e. The van der Waals surface area contributed by atoms with Crippen molar-refractivity contribution in [3.63, 3.8) is 0 Å². The Morgan fingerprint density at radius 3 is 2.32 bits per heavy atom. The molecule has 0 aliphatic heterocycles. The average Bonchev–Trinajstić information content (AvgIpc) is 3.19. The topological polar surface area (TPSA) is 93.4 Å². The molecule has 198 valence electrons. The number of carbonyl (C=O) groups excluding carboxylic acids is 2. The summed E-state index contributed by atoms with van der Waals surface area (Å²) in [4.78, 5) is 54.1. The fourth-order valence-electron chi connectivity index (χ4n) is 3.83. The molecule has 0 saturated heterocycles. The van der Waals surface area contributed by atoms with Crippen LogP contribution in [-0.2, 0) is 17.5 Å². The molecule has 38 heavy (non-hydrogen) atoms. The number of anilines is 1. The van der Waals surface area contributed by atoms with Crippen LogP contribution in [0.1, 0.15) is 20.8 Å². The Morgan fingerprint density at radius 1 is 1.05 bits per heavy atom. The number of benzene rings is 2. The number of amides is 2. The predicted molar refractivity (Wildman–Crippen MR) is 134 cm³/mol. The molecule has 13 heteroatoms. The summed E-state index contributed by atoms with van der Waals surface area (Å²) in [7, 11) is 3.02. The lowest BCUT2D eigenvalue weighted by Crippen LogP contribution is -2.40. The number of nitrogens with one attached hydrogen (secondary N) is 1. The van der Waals surface area contributed by atoms with Gasteiger partial charge in [-0.25, -0.2) is 13.8 Å². The molecule has 2 aromatic heterocycles. The monoisotopic (exact) mass is 548 g/mol. The van der Waals surface area contributed by atoms with Gasteiger partial charge in [0.15, 0.2) is 0 Å². The lowest BCUT2D eigenvalue weighted by Gasteiger charge is -2.13. The van der Waals surface area contributed by atoms with Gasteiger partial charge in [-0.2, -0.15) is 13.2 Å². The lowest BCUT2D eigenvalue weighted by molar-refractivity contribution is -0.137. The number of hydrogen-bond acceptors (Lipinski definition) is 5. The minimum atomic E-state index is -4.63. The second-order valence-electron chi connectivity index (χ2n) is 8.55. The van der Waals surface area contributed by atoms with Gasteiger partial charge in [-0.15, -0.1) is 11.3 Å². The number of aryl methyl sites for hydroxylation is 1. The molecule has 2 heterocycles. The third-order valence-corrected chi connectivity index (χ3v) is 6.98. The summed E-state index contributed by atoms with van der Waals surface area (Å²) in [6.07, 6.45) is -4.63. The Labute approximate surface area is 216 Å². The highest BCUT2D eigenvalue weighted by atomic mass is 32.1. The molecule has 2 amide bonds. The second-order valence-corrected chi connectivity index (χ2v) is 9.55. The number of hydrogen-bond donors (Lipinski definition) is 1. The van der Waals surface area contributed by atoms with Gasteiger partial charge in [-0.3, -0.25) is 19.0 Å². The van der Waals surface area contributed by atoms with Crippen molar-refractivity contribution in [2.24, 2.45) is 0 Å². The first-order chi connectivity index (χ1) is 17.8. The minimum Gasteiger partial charge on any atom is -0.344 e. The van der Waals surface area contributed by atoms with E-state index in [0.29, 0.717) is 0 Å². The van der Waals surface area contributed by atoms with E-state index in [2.05, 4.69) is 5.32 Å². The van der Waals surface area contributed by atoms with E-state index in [4.69, 9.17) is 0 Å². The normalized spacial score (nSPS) is 11.6. The molecule has 0 aliphatic rings. The Kier molecular flexibility index (Phi) is 6.98. The zero-order chi connectivity index (χ0) is 27.9. The summed E-state index contributed by atoms with van der Waals surface area (Å²) < 4.78 is 54.4. The van der Waals surface area contributed by atoms with E-state index in [-0.39, 0.29) is 32.0 Å². The van der Waals surface area contributed by atoms with E-state index < -0.39 is 47.2 Å². The summed E-state index contributed by atoms with van der Waals surface area (Å²) >= 11 is 0.845. The van der Waals surface area contributed by atoms with Gasteiger partial charge in [0.05, 0.1) is 21.5 Å². The third kappa shape index (κ3) is 4.96. The molecular weight excluding hydrogens is 528 g/mol.